The number of benzene rings is 1. The highest BCUT2D eigenvalue weighted by Gasteiger charge is 2.51. The van der Waals surface area contributed by atoms with Gasteiger partial charge in [-0.3, -0.25) is 14.9 Å². The van der Waals surface area contributed by atoms with Crippen molar-refractivity contribution < 1.29 is 19.6 Å². The number of carboxylic acid groups (broad SMARTS) is 1. The first-order valence-corrected chi connectivity index (χ1v) is 6.77. The summed E-state index contributed by atoms with van der Waals surface area (Å²) in [4.78, 5) is 21.9. The summed E-state index contributed by atoms with van der Waals surface area (Å²) >= 11 is 5.81. The van der Waals surface area contributed by atoms with Gasteiger partial charge < -0.3 is 15.2 Å². The molecule has 0 heterocycles. The van der Waals surface area contributed by atoms with Gasteiger partial charge in [0.2, 0.25) is 0 Å². The van der Waals surface area contributed by atoms with E-state index in [0.29, 0.717) is 0 Å². The Morgan fingerprint density at radius 3 is 2.76 bits per heavy atom. The molecule has 1 fully saturated rings. The molecule has 1 aromatic rings. The lowest BCUT2D eigenvalue weighted by atomic mass is 9.94. The molecule has 0 radical (unpaired) electrons. The van der Waals surface area contributed by atoms with Crippen molar-refractivity contribution >= 4 is 23.3 Å². The van der Waals surface area contributed by atoms with E-state index in [9.17, 15) is 20.0 Å². The van der Waals surface area contributed by atoms with Crippen LogP contribution in [-0.2, 0) is 4.79 Å². The summed E-state index contributed by atoms with van der Waals surface area (Å²) in [6.45, 7) is -0.204. The fraction of sp³-hybridized carbons (Fsp3) is 0.462. The molecule has 21 heavy (non-hydrogen) atoms. The third-order valence-electron chi connectivity index (χ3n) is 3.68. The van der Waals surface area contributed by atoms with Gasteiger partial charge in [-0.2, -0.15) is 0 Å². The Kier molecular flexibility index (Phi) is 4.34. The number of hydrogen-bond donors (Lipinski definition) is 2. The van der Waals surface area contributed by atoms with E-state index in [4.69, 9.17) is 16.3 Å². The Morgan fingerprint density at radius 1 is 1.62 bits per heavy atom. The van der Waals surface area contributed by atoms with Gasteiger partial charge in [0, 0.05) is 17.2 Å². The number of carboxylic acids is 1. The smallest absolute Gasteiger partial charge is 0.327 e. The Morgan fingerprint density at radius 2 is 2.29 bits per heavy atom. The van der Waals surface area contributed by atoms with E-state index in [0.717, 1.165) is 12.8 Å². The highest BCUT2D eigenvalue weighted by atomic mass is 35.5. The lowest BCUT2D eigenvalue weighted by molar-refractivity contribution is -0.385. The first-order chi connectivity index (χ1) is 9.90. The normalized spacial score (nSPS) is 17.0. The fourth-order valence-corrected chi connectivity index (χ4v) is 2.42. The number of ether oxygens (including phenoxy) is 1. The Hall–Kier alpha value is -1.86. The van der Waals surface area contributed by atoms with E-state index in [1.807, 2.05) is 0 Å². The van der Waals surface area contributed by atoms with Crippen LogP contribution in [0.25, 0.3) is 0 Å². The van der Waals surface area contributed by atoms with Crippen LogP contribution in [0.5, 0.6) is 5.75 Å². The number of nitro groups is 1. The third-order valence-corrected chi connectivity index (χ3v) is 3.91. The van der Waals surface area contributed by atoms with Crippen molar-refractivity contribution in [2.75, 3.05) is 13.7 Å². The molecule has 0 aliphatic heterocycles. The number of rotatable bonds is 7. The second-order valence-corrected chi connectivity index (χ2v) is 5.40. The standard InChI is InChI=1S/C13H15ClN2O5/c1-15-13(12(17)18,8-2-3-8)7-21-11-6-9(14)4-5-10(11)16(19)20/h4-6,8,15H,2-3,7H2,1H3,(H,17,18). The number of nitrogens with one attached hydrogen (secondary N) is 1. The summed E-state index contributed by atoms with van der Waals surface area (Å²) in [5, 5.41) is 23.5. The summed E-state index contributed by atoms with van der Waals surface area (Å²) < 4.78 is 5.43. The van der Waals surface area contributed by atoms with Crippen molar-refractivity contribution in [3.63, 3.8) is 0 Å². The number of likely N-dealkylation sites (N-methyl/N-ethyl adjacent to an activating group) is 1. The first-order valence-electron chi connectivity index (χ1n) is 6.40. The van der Waals surface area contributed by atoms with Crippen LogP contribution >= 0.6 is 11.6 Å². The van der Waals surface area contributed by atoms with Crippen LogP contribution in [0.3, 0.4) is 0 Å². The number of nitro benzene ring substituents is 1. The molecule has 0 bridgehead atoms. The number of carbonyl (C=O) groups is 1. The summed E-state index contributed by atoms with van der Waals surface area (Å²) in [6.07, 6.45) is 1.57. The zero-order valence-electron chi connectivity index (χ0n) is 11.3. The maximum Gasteiger partial charge on any atom is 0.327 e. The number of hydrogen-bond acceptors (Lipinski definition) is 5. The molecule has 2 rings (SSSR count). The molecule has 1 unspecified atom stereocenters. The topological polar surface area (TPSA) is 102 Å². The summed E-state index contributed by atoms with van der Waals surface area (Å²) in [6, 6.07) is 3.93. The van der Waals surface area contributed by atoms with Gasteiger partial charge in [-0.25, -0.2) is 0 Å². The average Bonchev–Trinajstić information content (AvgIpc) is 3.24. The van der Waals surface area contributed by atoms with Crippen LogP contribution in [0.2, 0.25) is 5.02 Å². The molecule has 1 aliphatic carbocycles. The molecule has 0 aromatic heterocycles. The highest BCUT2D eigenvalue weighted by molar-refractivity contribution is 6.30. The summed E-state index contributed by atoms with van der Waals surface area (Å²) in [5.74, 6) is -1.11. The molecule has 0 spiro atoms. The molecule has 1 atom stereocenters. The van der Waals surface area contributed by atoms with Gasteiger partial charge in [-0.05, 0) is 31.9 Å². The molecule has 8 heteroatoms. The van der Waals surface area contributed by atoms with E-state index < -0.39 is 16.4 Å². The molecule has 0 saturated heterocycles. The second-order valence-electron chi connectivity index (χ2n) is 4.96. The zero-order valence-corrected chi connectivity index (χ0v) is 12.1. The van der Waals surface area contributed by atoms with Crippen LogP contribution in [0.15, 0.2) is 18.2 Å². The zero-order chi connectivity index (χ0) is 15.6. The summed E-state index contributed by atoms with van der Waals surface area (Å²) in [7, 11) is 1.54. The fourth-order valence-electron chi connectivity index (χ4n) is 2.26. The molecular weight excluding hydrogens is 300 g/mol. The van der Waals surface area contributed by atoms with E-state index in [1.54, 1.807) is 7.05 Å². The Balaban J connectivity index is 2.23. The average molecular weight is 315 g/mol. The lowest BCUT2D eigenvalue weighted by Crippen LogP contribution is -2.56. The van der Waals surface area contributed by atoms with Crippen molar-refractivity contribution in [2.45, 2.75) is 18.4 Å². The number of aliphatic carboxylic acids is 1. The first kappa shape index (κ1) is 15.5. The van der Waals surface area contributed by atoms with Gasteiger partial charge >= 0.3 is 11.7 Å². The highest BCUT2D eigenvalue weighted by Crippen LogP contribution is 2.41. The van der Waals surface area contributed by atoms with Crippen LogP contribution in [0.4, 0.5) is 5.69 Å². The quantitative estimate of drug-likeness (QED) is 0.590. The van der Waals surface area contributed by atoms with Crippen molar-refractivity contribution in [3.8, 4) is 5.75 Å². The van der Waals surface area contributed by atoms with Crippen molar-refractivity contribution in [3.05, 3.63) is 33.3 Å². The van der Waals surface area contributed by atoms with Gasteiger partial charge in [0.05, 0.1) is 4.92 Å². The van der Waals surface area contributed by atoms with Gasteiger partial charge in [0.25, 0.3) is 0 Å². The SMILES string of the molecule is CNC(COc1cc(Cl)ccc1[N+](=O)[O-])(C(=O)O)C1CC1. The molecule has 1 saturated carbocycles. The number of halogens is 1. The van der Waals surface area contributed by atoms with Gasteiger partial charge in [-0.15, -0.1) is 0 Å². The van der Waals surface area contributed by atoms with Crippen molar-refractivity contribution in [1.29, 1.82) is 0 Å². The van der Waals surface area contributed by atoms with Gasteiger partial charge in [-0.1, -0.05) is 11.6 Å². The van der Waals surface area contributed by atoms with Gasteiger partial charge in [0.15, 0.2) is 11.3 Å². The van der Waals surface area contributed by atoms with E-state index in [1.165, 1.54) is 18.2 Å². The van der Waals surface area contributed by atoms with E-state index >= 15 is 0 Å². The molecule has 2 N–H and O–H groups in total. The van der Waals surface area contributed by atoms with Gasteiger partial charge in [0.1, 0.15) is 6.61 Å². The molecule has 7 nitrogen and oxygen atoms in total. The predicted molar refractivity (Wildman–Crippen MR) is 75.8 cm³/mol. The largest absolute Gasteiger partial charge is 0.484 e. The second kappa shape index (κ2) is 5.87. The minimum absolute atomic E-state index is 0.0333. The monoisotopic (exact) mass is 314 g/mol. The van der Waals surface area contributed by atoms with E-state index in [-0.39, 0.29) is 29.0 Å². The minimum atomic E-state index is -1.24. The minimum Gasteiger partial charge on any atom is -0.484 e. The van der Waals surface area contributed by atoms with Crippen molar-refractivity contribution in [1.82, 2.24) is 5.32 Å². The lowest BCUT2D eigenvalue weighted by Gasteiger charge is -2.28. The molecular formula is C13H15ClN2O5. The third kappa shape index (κ3) is 3.08. The summed E-state index contributed by atoms with van der Waals surface area (Å²) in [5.41, 5.74) is -1.48. The van der Waals surface area contributed by atoms with Crippen LogP contribution in [0.1, 0.15) is 12.8 Å². The van der Waals surface area contributed by atoms with E-state index in [2.05, 4.69) is 5.32 Å². The Bertz CT molecular complexity index is 576. The number of nitrogens with zero attached hydrogens (tertiary/aromatic N) is 1. The van der Waals surface area contributed by atoms with Crippen LogP contribution < -0.4 is 10.1 Å². The molecule has 114 valence electrons. The predicted octanol–water partition coefficient (Wildman–Crippen LogP) is 2.08. The molecule has 1 aromatic carbocycles. The Labute approximate surface area is 126 Å². The maximum atomic E-state index is 11.5. The molecule has 0 amide bonds. The maximum absolute atomic E-state index is 11.5. The van der Waals surface area contributed by atoms with Crippen LogP contribution in [0, 0.1) is 16.0 Å². The molecule has 1 aliphatic rings. The van der Waals surface area contributed by atoms with Crippen molar-refractivity contribution in [2.24, 2.45) is 5.92 Å². The van der Waals surface area contributed by atoms with Crippen LogP contribution in [-0.4, -0.2) is 35.2 Å².